The van der Waals surface area contributed by atoms with E-state index in [1.54, 1.807) is 12.5 Å². The van der Waals surface area contributed by atoms with Crippen molar-refractivity contribution in [2.75, 3.05) is 13.2 Å². The van der Waals surface area contributed by atoms with Gasteiger partial charge in [0.2, 0.25) is 0 Å². The molecule has 84 valence electrons. The van der Waals surface area contributed by atoms with Gasteiger partial charge in [-0.25, -0.2) is 0 Å². The summed E-state index contributed by atoms with van der Waals surface area (Å²) in [6, 6.07) is 1.92. The van der Waals surface area contributed by atoms with E-state index in [1.165, 1.54) is 0 Å². The van der Waals surface area contributed by atoms with Crippen LogP contribution in [0.3, 0.4) is 0 Å². The molecule has 1 aromatic heterocycles. The maximum atomic E-state index is 11.0. The Hall–Kier alpha value is -1.29. The van der Waals surface area contributed by atoms with Crippen LogP contribution in [0.2, 0.25) is 0 Å². The zero-order valence-electron chi connectivity index (χ0n) is 8.99. The average Bonchev–Trinajstić information content (AvgIpc) is 2.70. The molecule has 15 heavy (non-hydrogen) atoms. The molecular weight excluding hydrogens is 194 g/mol. The van der Waals surface area contributed by atoms with Crippen LogP contribution in [0.15, 0.2) is 23.0 Å². The van der Waals surface area contributed by atoms with Gasteiger partial charge in [-0.1, -0.05) is 0 Å². The molecule has 1 aromatic rings. The van der Waals surface area contributed by atoms with Crippen molar-refractivity contribution in [3.63, 3.8) is 0 Å². The Kier molecular flexibility index (Phi) is 5.55. The summed E-state index contributed by atoms with van der Waals surface area (Å²) in [6.45, 7) is 3.86. The molecular formula is C11H17NO3. The minimum absolute atomic E-state index is 0.123. The molecule has 0 bridgehead atoms. The molecule has 0 atom stereocenters. The van der Waals surface area contributed by atoms with Gasteiger partial charge >= 0.3 is 5.97 Å². The van der Waals surface area contributed by atoms with Crippen molar-refractivity contribution in [3.8, 4) is 0 Å². The summed E-state index contributed by atoms with van der Waals surface area (Å²) in [6.07, 6.45) is 4.64. The van der Waals surface area contributed by atoms with Crippen LogP contribution in [0.25, 0.3) is 0 Å². The lowest BCUT2D eigenvalue weighted by Crippen LogP contribution is -2.16. The molecule has 0 fully saturated rings. The molecule has 0 unspecified atom stereocenters. The van der Waals surface area contributed by atoms with E-state index >= 15 is 0 Å². The van der Waals surface area contributed by atoms with E-state index in [0.717, 1.165) is 25.1 Å². The van der Waals surface area contributed by atoms with Crippen LogP contribution in [0.4, 0.5) is 0 Å². The second-order valence-corrected chi connectivity index (χ2v) is 3.22. The molecule has 4 heteroatoms. The van der Waals surface area contributed by atoms with Gasteiger partial charge in [-0.2, -0.15) is 0 Å². The van der Waals surface area contributed by atoms with E-state index in [2.05, 4.69) is 5.32 Å². The monoisotopic (exact) mass is 211 g/mol. The predicted octanol–water partition coefficient (Wildman–Crippen LogP) is 1.71. The largest absolute Gasteiger partial charge is 0.472 e. The molecule has 0 aliphatic carbocycles. The number of ether oxygens (including phenoxy) is 1. The Bertz CT molecular complexity index is 269. The van der Waals surface area contributed by atoms with E-state index in [0.29, 0.717) is 13.0 Å². The Morgan fingerprint density at radius 3 is 3.13 bits per heavy atom. The standard InChI is InChI=1S/C11H17NO3/c1-2-15-11(13)4-3-6-12-8-10-5-7-14-9-10/h5,7,9,12H,2-4,6,8H2,1H3. The van der Waals surface area contributed by atoms with Crippen molar-refractivity contribution < 1.29 is 13.9 Å². The summed E-state index contributed by atoms with van der Waals surface area (Å²) in [5, 5.41) is 3.22. The van der Waals surface area contributed by atoms with Crippen LogP contribution < -0.4 is 5.32 Å². The van der Waals surface area contributed by atoms with Crippen LogP contribution in [-0.2, 0) is 16.1 Å². The van der Waals surface area contributed by atoms with Crippen molar-refractivity contribution >= 4 is 5.97 Å². The molecule has 1 heterocycles. The average molecular weight is 211 g/mol. The van der Waals surface area contributed by atoms with Gasteiger partial charge in [-0.15, -0.1) is 0 Å². The molecule has 1 rings (SSSR count). The number of esters is 1. The number of hydrogen-bond acceptors (Lipinski definition) is 4. The highest BCUT2D eigenvalue weighted by atomic mass is 16.5. The van der Waals surface area contributed by atoms with E-state index in [1.807, 2.05) is 13.0 Å². The first-order valence-corrected chi connectivity index (χ1v) is 5.20. The Morgan fingerprint density at radius 2 is 2.47 bits per heavy atom. The maximum absolute atomic E-state index is 11.0. The number of nitrogens with one attached hydrogen (secondary N) is 1. The van der Waals surface area contributed by atoms with Gasteiger partial charge in [0.05, 0.1) is 19.1 Å². The first-order valence-electron chi connectivity index (χ1n) is 5.20. The molecule has 0 aliphatic heterocycles. The third-order valence-electron chi connectivity index (χ3n) is 1.95. The van der Waals surface area contributed by atoms with Gasteiger partial charge in [-0.05, 0) is 26.0 Å². The number of carbonyl (C=O) groups excluding carboxylic acids is 1. The molecule has 0 spiro atoms. The minimum atomic E-state index is -0.123. The normalized spacial score (nSPS) is 10.2. The van der Waals surface area contributed by atoms with Gasteiger partial charge < -0.3 is 14.5 Å². The van der Waals surface area contributed by atoms with Crippen LogP contribution in [0.1, 0.15) is 25.3 Å². The lowest BCUT2D eigenvalue weighted by atomic mass is 10.3. The second-order valence-electron chi connectivity index (χ2n) is 3.22. The number of carbonyl (C=O) groups is 1. The first kappa shape index (κ1) is 11.8. The molecule has 0 saturated heterocycles. The lowest BCUT2D eigenvalue weighted by Gasteiger charge is -2.03. The van der Waals surface area contributed by atoms with E-state index < -0.39 is 0 Å². The highest BCUT2D eigenvalue weighted by molar-refractivity contribution is 5.69. The van der Waals surface area contributed by atoms with Crippen LogP contribution >= 0.6 is 0 Å². The Balaban J connectivity index is 1.95. The SMILES string of the molecule is CCOC(=O)CCCNCc1ccoc1. The molecule has 0 aromatic carbocycles. The van der Waals surface area contributed by atoms with E-state index in [4.69, 9.17) is 9.15 Å². The minimum Gasteiger partial charge on any atom is -0.472 e. The molecule has 0 radical (unpaired) electrons. The number of rotatable bonds is 7. The summed E-state index contributed by atoms with van der Waals surface area (Å²) in [4.78, 5) is 11.0. The molecule has 4 nitrogen and oxygen atoms in total. The molecule has 0 aliphatic rings. The summed E-state index contributed by atoms with van der Waals surface area (Å²) in [5.74, 6) is -0.123. The predicted molar refractivity (Wildman–Crippen MR) is 56.3 cm³/mol. The van der Waals surface area contributed by atoms with Crippen molar-refractivity contribution in [3.05, 3.63) is 24.2 Å². The van der Waals surface area contributed by atoms with Crippen LogP contribution in [0.5, 0.6) is 0 Å². The topological polar surface area (TPSA) is 51.5 Å². The maximum Gasteiger partial charge on any atom is 0.305 e. The van der Waals surface area contributed by atoms with Gasteiger partial charge in [0.25, 0.3) is 0 Å². The van der Waals surface area contributed by atoms with E-state index in [-0.39, 0.29) is 5.97 Å². The zero-order chi connectivity index (χ0) is 10.9. The first-order chi connectivity index (χ1) is 7.33. The van der Waals surface area contributed by atoms with Gasteiger partial charge in [0.1, 0.15) is 0 Å². The highest BCUT2D eigenvalue weighted by Crippen LogP contribution is 1.98. The third kappa shape index (κ3) is 5.22. The van der Waals surface area contributed by atoms with Crippen LogP contribution in [-0.4, -0.2) is 19.1 Å². The molecule has 0 saturated carbocycles. The number of furan rings is 1. The van der Waals surface area contributed by atoms with E-state index in [9.17, 15) is 4.79 Å². The molecule has 1 N–H and O–H groups in total. The fraction of sp³-hybridized carbons (Fsp3) is 0.545. The Labute approximate surface area is 89.6 Å². The summed E-state index contributed by atoms with van der Waals surface area (Å²) >= 11 is 0. The molecule has 0 amide bonds. The van der Waals surface area contributed by atoms with Crippen molar-refractivity contribution in [1.29, 1.82) is 0 Å². The van der Waals surface area contributed by atoms with Gasteiger partial charge in [0.15, 0.2) is 0 Å². The third-order valence-corrected chi connectivity index (χ3v) is 1.95. The zero-order valence-corrected chi connectivity index (χ0v) is 8.99. The lowest BCUT2D eigenvalue weighted by molar-refractivity contribution is -0.143. The summed E-state index contributed by atoms with van der Waals surface area (Å²) in [7, 11) is 0. The summed E-state index contributed by atoms with van der Waals surface area (Å²) in [5.41, 5.74) is 1.12. The smallest absolute Gasteiger partial charge is 0.305 e. The van der Waals surface area contributed by atoms with Crippen LogP contribution in [0, 0.1) is 0 Å². The number of hydrogen-bond donors (Lipinski definition) is 1. The fourth-order valence-corrected chi connectivity index (χ4v) is 1.22. The fourth-order valence-electron chi connectivity index (χ4n) is 1.22. The van der Waals surface area contributed by atoms with Gasteiger partial charge in [-0.3, -0.25) is 4.79 Å². The summed E-state index contributed by atoms with van der Waals surface area (Å²) < 4.78 is 9.74. The highest BCUT2D eigenvalue weighted by Gasteiger charge is 2.00. The van der Waals surface area contributed by atoms with Gasteiger partial charge in [0, 0.05) is 18.5 Å². The Morgan fingerprint density at radius 1 is 1.60 bits per heavy atom. The van der Waals surface area contributed by atoms with Crippen molar-refractivity contribution in [2.45, 2.75) is 26.3 Å². The quantitative estimate of drug-likeness (QED) is 0.551. The van der Waals surface area contributed by atoms with Crippen molar-refractivity contribution in [2.24, 2.45) is 0 Å². The second kappa shape index (κ2) is 7.06. The van der Waals surface area contributed by atoms with Crippen molar-refractivity contribution in [1.82, 2.24) is 5.32 Å².